The van der Waals surface area contributed by atoms with Gasteiger partial charge in [-0.3, -0.25) is 4.79 Å². The molecule has 0 saturated carbocycles. The van der Waals surface area contributed by atoms with E-state index in [9.17, 15) is 4.79 Å². The van der Waals surface area contributed by atoms with E-state index < -0.39 is 0 Å². The SMILES string of the molecule is CC.Cc1ccc2c(c1)OC(C)CC2.O=C1CCCCN1. The van der Waals surface area contributed by atoms with Crippen molar-refractivity contribution in [2.45, 2.75) is 65.9 Å². The van der Waals surface area contributed by atoms with Crippen LogP contribution in [0.4, 0.5) is 0 Å². The van der Waals surface area contributed by atoms with Crippen molar-refractivity contribution in [1.82, 2.24) is 5.32 Å². The maximum Gasteiger partial charge on any atom is 0.219 e. The molecular formula is C18H29NO2. The quantitative estimate of drug-likeness (QED) is 0.784. The molecule has 1 amide bonds. The average molecular weight is 291 g/mol. The molecule has 1 unspecified atom stereocenters. The van der Waals surface area contributed by atoms with Crippen LogP contribution in [0.1, 0.15) is 57.6 Å². The van der Waals surface area contributed by atoms with Gasteiger partial charge in [-0.1, -0.05) is 26.0 Å². The summed E-state index contributed by atoms with van der Waals surface area (Å²) in [5.74, 6) is 1.31. The molecule has 1 aromatic rings. The number of amides is 1. The molecule has 0 aliphatic carbocycles. The third-order valence-electron chi connectivity index (χ3n) is 3.52. The van der Waals surface area contributed by atoms with Gasteiger partial charge in [-0.2, -0.15) is 0 Å². The van der Waals surface area contributed by atoms with Gasteiger partial charge in [0.15, 0.2) is 0 Å². The molecule has 1 fully saturated rings. The Morgan fingerprint density at radius 3 is 2.52 bits per heavy atom. The number of hydrogen-bond acceptors (Lipinski definition) is 2. The fraction of sp³-hybridized carbons (Fsp3) is 0.611. The minimum absolute atomic E-state index is 0.214. The third kappa shape index (κ3) is 6.19. The van der Waals surface area contributed by atoms with E-state index in [-0.39, 0.29) is 5.91 Å². The Morgan fingerprint density at radius 1 is 1.19 bits per heavy atom. The summed E-state index contributed by atoms with van der Waals surface area (Å²) in [7, 11) is 0. The number of benzene rings is 1. The number of ether oxygens (including phenoxy) is 1. The Bertz CT molecular complexity index is 435. The molecule has 21 heavy (non-hydrogen) atoms. The van der Waals surface area contributed by atoms with E-state index in [1.54, 1.807) is 0 Å². The highest BCUT2D eigenvalue weighted by Gasteiger charge is 2.15. The second-order valence-electron chi connectivity index (χ2n) is 5.39. The van der Waals surface area contributed by atoms with Crippen LogP contribution >= 0.6 is 0 Å². The van der Waals surface area contributed by atoms with Crippen LogP contribution in [0.3, 0.4) is 0 Å². The van der Waals surface area contributed by atoms with E-state index in [0.717, 1.165) is 44.4 Å². The van der Waals surface area contributed by atoms with Crippen LogP contribution in [0.15, 0.2) is 18.2 Å². The summed E-state index contributed by atoms with van der Waals surface area (Å²) in [6.07, 6.45) is 5.67. The minimum atomic E-state index is 0.214. The summed E-state index contributed by atoms with van der Waals surface area (Å²) in [6.45, 7) is 9.12. The maximum absolute atomic E-state index is 10.4. The molecule has 1 atom stereocenters. The first kappa shape index (κ1) is 17.5. The van der Waals surface area contributed by atoms with Crippen LogP contribution in [0.5, 0.6) is 5.75 Å². The van der Waals surface area contributed by atoms with Crippen molar-refractivity contribution in [3.05, 3.63) is 29.3 Å². The standard InChI is InChI=1S/C11H14O.C5H9NO.C2H6/c1-8-3-5-10-6-4-9(2)12-11(10)7-8;7-5-3-1-2-4-6-5;1-2/h3,5,7,9H,4,6H2,1-2H3;1-4H2,(H,6,7);1-2H3. The molecule has 118 valence electrons. The van der Waals surface area contributed by atoms with E-state index >= 15 is 0 Å². The van der Waals surface area contributed by atoms with Crippen molar-refractivity contribution in [2.75, 3.05) is 6.54 Å². The minimum Gasteiger partial charge on any atom is -0.490 e. The van der Waals surface area contributed by atoms with E-state index in [4.69, 9.17) is 4.74 Å². The van der Waals surface area contributed by atoms with Gasteiger partial charge in [-0.15, -0.1) is 0 Å². The number of fused-ring (bicyclic) bond motifs is 1. The predicted octanol–water partition coefficient (Wildman–Crippen LogP) is 4.02. The van der Waals surface area contributed by atoms with E-state index in [2.05, 4.69) is 37.4 Å². The maximum atomic E-state index is 10.4. The lowest BCUT2D eigenvalue weighted by Gasteiger charge is -2.23. The first-order valence-electron chi connectivity index (χ1n) is 8.18. The zero-order valence-electron chi connectivity index (χ0n) is 13.9. The zero-order valence-corrected chi connectivity index (χ0v) is 13.9. The van der Waals surface area contributed by atoms with Crippen molar-refractivity contribution in [2.24, 2.45) is 0 Å². The van der Waals surface area contributed by atoms with Gasteiger partial charge in [-0.05, 0) is 56.7 Å². The van der Waals surface area contributed by atoms with E-state index in [1.165, 1.54) is 11.1 Å². The normalized spacial score (nSPS) is 19.6. The molecule has 2 aliphatic heterocycles. The molecule has 3 rings (SSSR count). The summed E-state index contributed by atoms with van der Waals surface area (Å²) in [6, 6.07) is 6.46. The van der Waals surface area contributed by atoms with Gasteiger partial charge >= 0.3 is 0 Å². The fourth-order valence-electron chi connectivity index (χ4n) is 2.34. The highest BCUT2D eigenvalue weighted by Crippen LogP contribution is 2.27. The monoisotopic (exact) mass is 291 g/mol. The van der Waals surface area contributed by atoms with Crippen molar-refractivity contribution in [3.63, 3.8) is 0 Å². The summed E-state index contributed by atoms with van der Waals surface area (Å²) < 4.78 is 5.71. The smallest absolute Gasteiger partial charge is 0.219 e. The number of nitrogens with one attached hydrogen (secondary N) is 1. The summed E-state index contributed by atoms with van der Waals surface area (Å²) >= 11 is 0. The van der Waals surface area contributed by atoms with Gasteiger partial charge < -0.3 is 10.1 Å². The van der Waals surface area contributed by atoms with Crippen LogP contribution in [0, 0.1) is 6.92 Å². The molecule has 2 aliphatic rings. The van der Waals surface area contributed by atoms with Crippen molar-refractivity contribution in [1.29, 1.82) is 0 Å². The summed E-state index contributed by atoms with van der Waals surface area (Å²) in [5.41, 5.74) is 2.64. The van der Waals surface area contributed by atoms with Crippen LogP contribution in [0.2, 0.25) is 0 Å². The fourth-order valence-corrected chi connectivity index (χ4v) is 2.34. The van der Waals surface area contributed by atoms with Gasteiger partial charge in [0, 0.05) is 13.0 Å². The third-order valence-corrected chi connectivity index (χ3v) is 3.52. The van der Waals surface area contributed by atoms with Crippen molar-refractivity contribution >= 4 is 5.91 Å². The molecular weight excluding hydrogens is 262 g/mol. The average Bonchev–Trinajstić information content (AvgIpc) is 2.50. The molecule has 1 aromatic carbocycles. The van der Waals surface area contributed by atoms with E-state index in [1.807, 2.05) is 13.8 Å². The zero-order chi connectivity index (χ0) is 15.7. The lowest BCUT2D eigenvalue weighted by Crippen LogP contribution is -2.28. The number of aryl methyl sites for hydroxylation is 2. The Kier molecular flexibility index (Phi) is 7.88. The highest BCUT2D eigenvalue weighted by atomic mass is 16.5. The first-order valence-corrected chi connectivity index (χ1v) is 8.18. The lowest BCUT2D eigenvalue weighted by atomic mass is 10.0. The van der Waals surface area contributed by atoms with Crippen molar-refractivity contribution in [3.8, 4) is 5.75 Å². The molecule has 2 heterocycles. The number of carbonyl (C=O) groups excluding carboxylic acids is 1. The number of rotatable bonds is 0. The molecule has 3 nitrogen and oxygen atoms in total. The molecule has 0 spiro atoms. The van der Waals surface area contributed by atoms with Gasteiger partial charge in [0.2, 0.25) is 5.91 Å². The van der Waals surface area contributed by atoms with Gasteiger partial charge in [-0.25, -0.2) is 0 Å². The number of piperidine rings is 1. The predicted molar refractivity (Wildman–Crippen MR) is 87.8 cm³/mol. The molecule has 1 saturated heterocycles. The molecule has 0 bridgehead atoms. The van der Waals surface area contributed by atoms with Crippen LogP contribution in [-0.2, 0) is 11.2 Å². The Morgan fingerprint density at radius 2 is 1.95 bits per heavy atom. The number of carbonyl (C=O) groups is 1. The molecule has 3 heteroatoms. The second-order valence-corrected chi connectivity index (χ2v) is 5.39. The molecule has 0 aromatic heterocycles. The van der Waals surface area contributed by atoms with Crippen LogP contribution < -0.4 is 10.1 Å². The van der Waals surface area contributed by atoms with Crippen molar-refractivity contribution < 1.29 is 9.53 Å². The van der Waals surface area contributed by atoms with Crippen LogP contribution in [0.25, 0.3) is 0 Å². The Balaban J connectivity index is 0.000000210. The topological polar surface area (TPSA) is 38.3 Å². The Hall–Kier alpha value is -1.51. The van der Waals surface area contributed by atoms with Gasteiger partial charge in [0.05, 0.1) is 6.10 Å². The summed E-state index contributed by atoms with van der Waals surface area (Å²) in [5, 5.41) is 2.74. The second kappa shape index (κ2) is 9.43. The Labute approximate surface area is 129 Å². The highest BCUT2D eigenvalue weighted by molar-refractivity contribution is 5.76. The number of hydrogen-bond donors (Lipinski definition) is 1. The molecule has 0 radical (unpaired) electrons. The summed E-state index contributed by atoms with van der Waals surface area (Å²) in [4.78, 5) is 10.4. The van der Waals surface area contributed by atoms with E-state index in [0.29, 0.717) is 6.10 Å². The van der Waals surface area contributed by atoms with Crippen LogP contribution in [-0.4, -0.2) is 18.6 Å². The van der Waals surface area contributed by atoms with Gasteiger partial charge in [0.25, 0.3) is 0 Å². The lowest BCUT2D eigenvalue weighted by molar-refractivity contribution is -0.122. The first-order chi connectivity index (χ1) is 10.1. The largest absolute Gasteiger partial charge is 0.490 e. The van der Waals surface area contributed by atoms with Gasteiger partial charge in [0.1, 0.15) is 5.75 Å². The molecule has 1 N–H and O–H groups in total.